The molecule has 1 aliphatic rings. The summed E-state index contributed by atoms with van der Waals surface area (Å²) in [5.74, 6) is -0.722. The van der Waals surface area contributed by atoms with Gasteiger partial charge >= 0.3 is 0 Å². The van der Waals surface area contributed by atoms with Crippen LogP contribution in [0.1, 0.15) is 19.3 Å². The van der Waals surface area contributed by atoms with Gasteiger partial charge in [-0.25, -0.2) is 4.39 Å². The first-order valence-corrected chi connectivity index (χ1v) is 6.31. The van der Waals surface area contributed by atoms with Crippen molar-refractivity contribution in [2.45, 2.75) is 19.3 Å². The van der Waals surface area contributed by atoms with Crippen molar-refractivity contribution >= 4 is 40.4 Å². The molecule has 18 heavy (non-hydrogen) atoms. The molecule has 0 saturated heterocycles. The van der Waals surface area contributed by atoms with Gasteiger partial charge in [0.15, 0.2) is 0 Å². The van der Waals surface area contributed by atoms with Crippen LogP contribution < -0.4 is 11.1 Å². The van der Waals surface area contributed by atoms with E-state index >= 15 is 0 Å². The molecule has 0 radical (unpaired) electrons. The molecular weight excluding hydrogens is 275 g/mol. The molecule has 0 unspecified atom stereocenters. The Morgan fingerprint density at radius 2 is 2.17 bits per heavy atom. The zero-order valence-corrected chi connectivity index (χ0v) is 11.1. The summed E-state index contributed by atoms with van der Waals surface area (Å²) in [5, 5.41) is 2.81. The van der Waals surface area contributed by atoms with Crippen LogP contribution in [0.3, 0.4) is 0 Å². The van der Waals surface area contributed by atoms with Crippen molar-refractivity contribution in [3.05, 3.63) is 29.0 Å². The van der Waals surface area contributed by atoms with Gasteiger partial charge in [0.2, 0.25) is 5.91 Å². The van der Waals surface area contributed by atoms with Crippen LogP contribution in [0.4, 0.5) is 10.1 Å². The Bertz CT molecular complexity index is 517. The number of nitrogens with one attached hydrogen (secondary N) is 1. The van der Waals surface area contributed by atoms with E-state index in [-0.39, 0.29) is 15.9 Å². The Morgan fingerprint density at radius 3 is 2.61 bits per heavy atom. The zero-order chi connectivity index (χ0) is 13.3. The second-order valence-electron chi connectivity index (χ2n) is 4.38. The van der Waals surface area contributed by atoms with Crippen molar-refractivity contribution in [3.8, 4) is 0 Å². The molecule has 0 bridgehead atoms. The predicted molar refractivity (Wildman–Crippen MR) is 73.1 cm³/mol. The maximum absolute atomic E-state index is 12.9. The predicted octanol–water partition coefficient (Wildman–Crippen LogP) is 2.87. The lowest BCUT2D eigenvalue weighted by Crippen LogP contribution is -2.50. The molecule has 1 aromatic carbocycles. The fourth-order valence-electron chi connectivity index (χ4n) is 1.95. The summed E-state index contributed by atoms with van der Waals surface area (Å²) >= 11 is 10.8. The molecule has 3 nitrogen and oxygen atoms in total. The summed E-state index contributed by atoms with van der Waals surface area (Å²) in [7, 11) is 0. The minimum absolute atomic E-state index is 0.153. The summed E-state index contributed by atoms with van der Waals surface area (Å²) in [6.07, 6.45) is 2.21. The van der Waals surface area contributed by atoms with Gasteiger partial charge < -0.3 is 11.1 Å². The highest BCUT2D eigenvalue weighted by Gasteiger charge is 2.47. The monoisotopic (exact) mass is 286 g/mol. The molecule has 1 amide bonds. The molecular formula is C12H12ClFN2OS. The van der Waals surface area contributed by atoms with Gasteiger partial charge in [0.25, 0.3) is 0 Å². The van der Waals surface area contributed by atoms with Crippen molar-refractivity contribution < 1.29 is 9.18 Å². The number of carbonyl (C=O) groups excluding carboxylic acids is 1. The van der Waals surface area contributed by atoms with E-state index in [1.54, 1.807) is 0 Å². The van der Waals surface area contributed by atoms with Crippen LogP contribution >= 0.6 is 23.8 Å². The zero-order valence-electron chi connectivity index (χ0n) is 9.50. The Labute approximate surface area is 114 Å². The maximum atomic E-state index is 12.9. The van der Waals surface area contributed by atoms with Crippen molar-refractivity contribution in [1.29, 1.82) is 0 Å². The number of thiocarbonyl (C=S) groups is 1. The van der Waals surface area contributed by atoms with Crippen molar-refractivity contribution in [2.75, 3.05) is 5.32 Å². The summed E-state index contributed by atoms with van der Waals surface area (Å²) in [6, 6.07) is 3.79. The summed E-state index contributed by atoms with van der Waals surface area (Å²) in [4.78, 5) is 12.4. The maximum Gasteiger partial charge on any atom is 0.237 e. The highest BCUT2D eigenvalue weighted by Crippen LogP contribution is 2.42. The molecule has 0 heterocycles. The van der Waals surface area contributed by atoms with Gasteiger partial charge in [-0.15, -0.1) is 0 Å². The topological polar surface area (TPSA) is 55.1 Å². The van der Waals surface area contributed by atoms with E-state index in [1.807, 2.05) is 0 Å². The third kappa shape index (κ3) is 2.20. The summed E-state index contributed by atoms with van der Waals surface area (Å²) in [6.45, 7) is 0. The first-order valence-electron chi connectivity index (χ1n) is 5.52. The minimum Gasteiger partial charge on any atom is -0.392 e. The number of hydrogen-bond donors (Lipinski definition) is 2. The molecule has 1 fully saturated rings. The van der Waals surface area contributed by atoms with E-state index in [1.165, 1.54) is 12.1 Å². The first kappa shape index (κ1) is 13.2. The minimum atomic E-state index is -0.771. The van der Waals surface area contributed by atoms with Crippen LogP contribution in [-0.2, 0) is 4.79 Å². The van der Waals surface area contributed by atoms with E-state index < -0.39 is 11.2 Å². The highest BCUT2D eigenvalue weighted by molar-refractivity contribution is 7.80. The molecule has 0 aromatic heterocycles. The number of nitrogens with two attached hydrogens (primary N) is 1. The normalized spacial score (nSPS) is 16.8. The van der Waals surface area contributed by atoms with Gasteiger partial charge in [-0.2, -0.15) is 0 Å². The second-order valence-corrected chi connectivity index (χ2v) is 5.23. The lowest BCUT2D eigenvalue weighted by Gasteiger charge is -2.39. The Balaban J connectivity index is 2.19. The fraction of sp³-hybridized carbons (Fsp3) is 0.333. The van der Waals surface area contributed by atoms with Crippen LogP contribution in [0, 0.1) is 11.2 Å². The second kappa shape index (κ2) is 4.82. The first-order chi connectivity index (χ1) is 8.45. The van der Waals surface area contributed by atoms with Crippen LogP contribution in [-0.4, -0.2) is 10.9 Å². The van der Waals surface area contributed by atoms with Gasteiger partial charge in [-0.1, -0.05) is 30.2 Å². The van der Waals surface area contributed by atoms with Gasteiger partial charge in [0, 0.05) is 0 Å². The molecule has 0 aliphatic heterocycles. The standard InChI is InChI=1S/C12H12ClFN2OS/c13-8-6-7(14)2-3-9(8)16-11(17)12(10(15)18)4-1-5-12/h2-3,6H,1,4-5H2,(H2,15,18)(H,16,17). The van der Waals surface area contributed by atoms with Crippen LogP contribution in [0.2, 0.25) is 5.02 Å². The lowest BCUT2D eigenvalue weighted by molar-refractivity contribution is -0.125. The van der Waals surface area contributed by atoms with E-state index in [0.717, 1.165) is 12.5 Å². The third-order valence-electron chi connectivity index (χ3n) is 3.29. The van der Waals surface area contributed by atoms with Gasteiger partial charge in [-0.05, 0) is 31.0 Å². The van der Waals surface area contributed by atoms with Crippen molar-refractivity contribution in [2.24, 2.45) is 11.1 Å². The van der Waals surface area contributed by atoms with E-state index in [0.29, 0.717) is 18.5 Å². The van der Waals surface area contributed by atoms with Crippen LogP contribution in [0.5, 0.6) is 0 Å². The molecule has 1 aliphatic carbocycles. The summed E-state index contributed by atoms with van der Waals surface area (Å²) in [5.41, 5.74) is 5.22. The molecule has 1 saturated carbocycles. The quantitative estimate of drug-likeness (QED) is 0.840. The SMILES string of the molecule is NC(=S)C1(C(=O)Nc2ccc(F)cc2Cl)CCC1. The smallest absolute Gasteiger partial charge is 0.237 e. The summed E-state index contributed by atoms with van der Waals surface area (Å²) < 4.78 is 12.9. The van der Waals surface area contributed by atoms with Crippen LogP contribution in [0.15, 0.2) is 18.2 Å². The van der Waals surface area contributed by atoms with Crippen LogP contribution in [0.25, 0.3) is 0 Å². The average Bonchev–Trinajstić information content (AvgIpc) is 2.19. The number of carbonyl (C=O) groups is 1. The van der Waals surface area contributed by atoms with Gasteiger partial charge in [0.05, 0.1) is 21.1 Å². The lowest BCUT2D eigenvalue weighted by atomic mass is 9.68. The largest absolute Gasteiger partial charge is 0.392 e. The molecule has 0 atom stereocenters. The number of amides is 1. The number of halogens is 2. The Kier molecular flexibility index (Phi) is 3.54. The highest BCUT2D eigenvalue weighted by atomic mass is 35.5. The average molecular weight is 287 g/mol. The number of hydrogen-bond acceptors (Lipinski definition) is 2. The molecule has 6 heteroatoms. The Morgan fingerprint density at radius 1 is 1.50 bits per heavy atom. The van der Waals surface area contributed by atoms with E-state index in [2.05, 4.69) is 5.32 Å². The van der Waals surface area contributed by atoms with Crippen molar-refractivity contribution in [1.82, 2.24) is 0 Å². The van der Waals surface area contributed by atoms with Gasteiger partial charge in [0.1, 0.15) is 5.82 Å². The molecule has 0 spiro atoms. The number of benzene rings is 1. The van der Waals surface area contributed by atoms with E-state index in [4.69, 9.17) is 29.6 Å². The third-order valence-corrected chi connectivity index (χ3v) is 4.00. The molecule has 2 rings (SSSR count). The van der Waals surface area contributed by atoms with Gasteiger partial charge in [-0.3, -0.25) is 4.79 Å². The molecule has 1 aromatic rings. The number of rotatable bonds is 3. The fourth-order valence-corrected chi connectivity index (χ4v) is 2.46. The molecule has 3 N–H and O–H groups in total. The molecule has 96 valence electrons. The Hall–Kier alpha value is -1.20. The van der Waals surface area contributed by atoms with Crippen molar-refractivity contribution in [3.63, 3.8) is 0 Å². The van der Waals surface area contributed by atoms with E-state index in [9.17, 15) is 9.18 Å². The number of anilines is 1.